The van der Waals surface area contributed by atoms with Crippen molar-refractivity contribution in [2.75, 3.05) is 13.2 Å². The zero-order valence-corrected chi connectivity index (χ0v) is 15.9. The van der Waals surface area contributed by atoms with Crippen LogP contribution in [0.25, 0.3) is 0 Å². The van der Waals surface area contributed by atoms with Gasteiger partial charge in [0.05, 0.1) is 36.6 Å². The number of ether oxygens (including phenoxy) is 3. The highest BCUT2D eigenvalue weighted by atomic mass is 16.6. The van der Waals surface area contributed by atoms with Crippen molar-refractivity contribution in [3.8, 4) is 0 Å². The highest BCUT2D eigenvalue weighted by Gasteiger charge is 2.51. The molecule has 0 amide bonds. The van der Waals surface area contributed by atoms with Gasteiger partial charge in [-0.15, -0.1) is 0 Å². The fraction of sp³-hybridized carbons (Fsp3) is 0.714. The van der Waals surface area contributed by atoms with E-state index in [2.05, 4.69) is 19.1 Å². The number of aliphatic hydroxyl groups is 2. The number of rotatable bonds is 8. The van der Waals surface area contributed by atoms with Gasteiger partial charge in [0.1, 0.15) is 6.10 Å². The van der Waals surface area contributed by atoms with Crippen LogP contribution in [0.5, 0.6) is 0 Å². The highest BCUT2D eigenvalue weighted by molar-refractivity contribution is 5.13. The fourth-order valence-corrected chi connectivity index (χ4v) is 4.09. The van der Waals surface area contributed by atoms with E-state index in [0.29, 0.717) is 13.2 Å². The highest BCUT2D eigenvalue weighted by Crippen LogP contribution is 2.44. The van der Waals surface area contributed by atoms with Crippen molar-refractivity contribution in [1.29, 1.82) is 0 Å². The molecule has 5 heteroatoms. The molecule has 2 fully saturated rings. The lowest BCUT2D eigenvalue weighted by molar-refractivity contribution is -0.177. The smallest absolute Gasteiger partial charge is 0.106 e. The molecular weight excluding hydrogens is 332 g/mol. The minimum Gasteiger partial charge on any atom is -0.394 e. The lowest BCUT2D eigenvalue weighted by Crippen LogP contribution is -2.46. The molecule has 2 N–H and O–H groups in total. The van der Waals surface area contributed by atoms with Gasteiger partial charge in [0, 0.05) is 6.61 Å². The third kappa shape index (κ3) is 4.46. The van der Waals surface area contributed by atoms with E-state index in [0.717, 1.165) is 32.1 Å². The zero-order chi connectivity index (χ0) is 18.6. The van der Waals surface area contributed by atoms with Crippen molar-refractivity contribution >= 4 is 0 Å². The van der Waals surface area contributed by atoms with E-state index in [1.165, 1.54) is 5.56 Å². The van der Waals surface area contributed by atoms with Crippen LogP contribution in [0.15, 0.2) is 30.3 Å². The Kier molecular flexibility index (Phi) is 6.36. The first kappa shape index (κ1) is 19.8. The van der Waals surface area contributed by atoms with Crippen molar-refractivity contribution in [3.05, 3.63) is 35.9 Å². The summed E-state index contributed by atoms with van der Waals surface area (Å²) >= 11 is 0. The lowest BCUT2D eigenvalue weighted by atomic mass is 9.91. The number of benzene rings is 1. The standard InChI is InChI=1S/C21H32O5/c1-20(18(23)14-22)12-9-19(26-20)21(2)11-8-17(25-21)10-13-24-15-16-6-4-3-5-7-16/h3-7,17-19,22-23H,8-15H2,1-2H3/t17-,18+,19+,20-,21-/m0/s1. The molecule has 0 bridgehead atoms. The Morgan fingerprint density at radius 1 is 1.15 bits per heavy atom. The second-order valence-electron chi connectivity index (χ2n) is 8.07. The van der Waals surface area contributed by atoms with Gasteiger partial charge >= 0.3 is 0 Å². The van der Waals surface area contributed by atoms with Crippen molar-refractivity contribution in [3.63, 3.8) is 0 Å². The van der Waals surface area contributed by atoms with Crippen LogP contribution in [0, 0.1) is 0 Å². The Hall–Kier alpha value is -0.980. The molecule has 0 radical (unpaired) electrons. The van der Waals surface area contributed by atoms with E-state index < -0.39 is 11.7 Å². The SMILES string of the molecule is C[C@@]1([C@H](O)CO)CC[C@H]([C@]2(C)CC[C@@H](CCOCc3ccccc3)O2)O1. The summed E-state index contributed by atoms with van der Waals surface area (Å²) in [6.07, 6.45) is 3.73. The molecule has 0 unspecified atom stereocenters. The Balaban J connectivity index is 1.43. The molecule has 0 aliphatic carbocycles. The zero-order valence-electron chi connectivity index (χ0n) is 15.9. The molecule has 2 aliphatic rings. The quantitative estimate of drug-likeness (QED) is 0.694. The number of aliphatic hydroxyl groups excluding tert-OH is 2. The molecule has 2 heterocycles. The number of hydrogen-bond acceptors (Lipinski definition) is 5. The first-order valence-corrected chi connectivity index (χ1v) is 9.71. The lowest BCUT2D eigenvalue weighted by Gasteiger charge is -2.35. The van der Waals surface area contributed by atoms with Gasteiger partial charge in [-0.3, -0.25) is 0 Å². The van der Waals surface area contributed by atoms with Crippen LogP contribution in [0.4, 0.5) is 0 Å². The summed E-state index contributed by atoms with van der Waals surface area (Å²) in [5.41, 5.74) is 0.186. The van der Waals surface area contributed by atoms with E-state index in [4.69, 9.17) is 14.2 Å². The van der Waals surface area contributed by atoms with Gasteiger partial charge in [-0.05, 0) is 51.5 Å². The predicted octanol–water partition coefficient (Wildman–Crippen LogP) is 2.82. The van der Waals surface area contributed by atoms with Crippen molar-refractivity contribution in [2.24, 2.45) is 0 Å². The van der Waals surface area contributed by atoms with Crippen molar-refractivity contribution in [1.82, 2.24) is 0 Å². The first-order chi connectivity index (χ1) is 12.5. The molecule has 5 nitrogen and oxygen atoms in total. The van der Waals surface area contributed by atoms with Crippen LogP contribution in [0.2, 0.25) is 0 Å². The fourth-order valence-electron chi connectivity index (χ4n) is 4.09. The third-order valence-corrected chi connectivity index (χ3v) is 5.97. The van der Waals surface area contributed by atoms with E-state index >= 15 is 0 Å². The maximum atomic E-state index is 10.0. The molecule has 1 aromatic carbocycles. The summed E-state index contributed by atoms with van der Waals surface area (Å²) < 4.78 is 18.3. The largest absolute Gasteiger partial charge is 0.394 e. The van der Waals surface area contributed by atoms with E-state index in [9.17, 15) is 10.2 Å². The van der Waals surface area contributed by atoms with Crippen LogP contribution < -0.4 is 0 Å². The van der Waals surface area contributed by atoms with Gasteiger partial charge < -0.3 is 24.4 Å². The topological polar surface area (TPSA) is 68.2 Å². The summed E-state index contributed by atoms with van der Waals surface area (Å²) in [5, 5.41) is 19.3. The summed E-state index contributed by atoms with van der Waals surface area (Å²) in [6.45, 7) is 5.03. The second kappa shape index (κ2) is 8.36. The Labute approximate surface area is 156 Å². The van der Waals surface area contributed by atoms with Crippen LogP contribution in [0.3, 0.4) is 0 Å². The Morgan fingerprint density at radius 3 is 2.65 bits per heavy atom. The average Bonchev–Trinajstić information content (AvgIpc) is 3.24. The Morgan fingerprint density at radius 2 is 1.92 bits per heavy atom. The third-order valence-electron chi connectivity index (χ3n) is 5.97. The van der Waals surface area contributed by atoms with Gasteiger partial charge in [0.2, 0.25) is 0 Å². The molecule has 2 saturated heterocycles. The molecular formula is C21H32O5. The van der Waals surface area contributed by atoms with E-state index in [1.807, 2.05) is 25.1 Å². The first-order valence-electron chi connectivity index (χ1n) is 9.71. The molecule has 0 aromatic heterocycles. The van der Waals surface area contributed by atoms with Gasteiger partial charge in [0.15, 0.2) is 0 Å². The Bertz CT molecular complexity index is 565. The van der Waals surface area contributed by atoms with E-state index in [-0.39, 0.29) is 24.4 Å². The summed E-state index contributed by atoms with van der Waals surface area (Å²) in [6, 6.07) is 10.2. The molecule has 2 aliphatic heterocycles. The van der Waals surface area contributed by atoms with Crippen LogP contribution in [-0.4, -0.2) is 52.9 Å². The maximum Gasteiger partial charge on any atom is 0.106 e. The minimum atomic E-state index is -0.848. The molecule has 1 aromatic rings. The van der Waals surface area contributed by atoms with E-state index in [1.54, 1.807) is 0 Å². The monoisotopic (exact) mass is 364 g/mol. The molecule has 3 rings (SSSR count). The average molecular weight is 364 g/mol. The minimum absolute atomic E-state index is 0.0380. The predicted molar refractivity (Wildman–Crippen MR) is 98.8 cm³/mol. The van der Waals surface area contributed by atoms with Crippen LogP contribution in [-0.2, 0) is 20.8 Å². The van der Waals surface area contributed by atoms with Crippen LogP contribution in [0.1, 0.15) is 51.5 Å². The molecule has 5 atom stereocenters. The number of hydrogen-bond donors (Lipinski definition) is 2. The van der Waals surface area contributed by atoms with Crippen LogP contribution >= 0.6 is 0 Å². The second-order valence-corrected chi connectivity index (χ2v) is 8.07. The molecule has 0 saturated carbocycles. The molecule has 26 heavy (non-hydrogen) atoms. The van der Waals surface area contributed by atoms with Crippen molar-refractivity contribution in [2.45, 2.75) is 82.1 Å². The molecule has 146 valence electrons. The summed E-state index contributed by atoms with van der Waals surface area (Å²) in [4.78, 5) is 0. The molecule has 0 spiro atoms. The summed E-state index contributed by atoms with van der Waals surface area (Å²) in [7, 11) is 0. The summed E-state index contributed by atoms with van der Waals surface area (Å²) in [5.74, 6) is 0. The normalized spacial score (nSPS) is 35.7. The van der Waals surface area contributed by atoms with Gasteiger partial charge in [-0.2, -0.15) is 0 Å². The maximum absolute atomic E-state index is 10.0. The van der Waals surface area contributed by atoms with Gasteiger partial charge in [-0.25, -0.2) is 0 Å². The van der Waals surface area contributed by atoms with Crippen molar-refractivity contribution < 1.29 is 24.4 Å². The van der Waals surface area contributed by atoms with Gasteiger partial charge in [-0.1, -0.05) is 30.3 Å². The van der Waals surface area contributed by atoms with Gasteiger partial charge in [0.25, 0.3) is 0 Å².